The van der Waals surface area contributed by atoms with Crippen LogP contribution in [-0.4, -0.2) is 34.6 Å². The highest BCUT2D eigenvalue weighted by atomic mass is 16.5. The number of methoxy groups -OCH3 is 1. The maximum absolute atomic E-state index is 11.2. The van der Waals surface area contributed by atoms with Gasteiger partial charge in [0.15, 0.2) is 0 Å². The summed E-state index contributed by atoms with van der Waals surface area (Å²) in [7, 11) is 1.34. The lowest BCUT2D eigenvalue weighted by Gasteiger charge is -2.08. The molecule has 2 aromatic carbocycles. The molecule has 0 saturated carbocycles. The molecule has 0 radical (unpaired) electrons. The number of aromatic nitrogens is 3. The summed E-state index contributed by atoms with van der Waals surface area (Å²) in [6, 6.07) is 25.3. The lowest BCUT2D eigenvalue weighted by atomic mass is 10.1. The van der Waals surface area contributed by atoms with E-state index in [1.54, 1.807) is 12.3 Å². The Morgan fingerprint density at radius 2 is 1.60 bits per heavy atom. The molecule has 4 aromatic rings. The Balaban J connectivity index is 0.000000407. The van der Waals surface area contributed by atoms with Crippen LogP contribution in [0.1, 0.15) is 25.1 Å². The fourth-order valence-electron chi connectivity index (χ4n) is 2.76. The van der Waals surface area contributed by atoms with Gasteiger partial charge in [0.25, 0.3) is 0 Å². The molecule has 0 atom stereocenters. The number of hydrogen-bond acceptors (Lipinski definition) is 7. The molecular formula is C28H32N4O3. The van der Waals surface area contributed by atoms with E-state index in [0.717, 1.165) is 28.3 Å². The van der Waals surface area contributed by atoms with Crippen molar-refractivity contribution in [1.82, 2.24) is 15.0 Å². The van der Waals surface area contributed by atoms with E-state index in [1.807, 2.05) is 93.6 Å². The number of rotatable bonds is 7. The lowest BCUT2D eigenvalue weighted by Crippen LogP contribution is -2.15. The van der Waals surface area contributed by atoms with Gasteiger partial charge in [-0.1, -0.05) is 50.2 Å². The average molecular weight is 473 g/mol. The van der Waals surface area contributed by atoms with Crippen LogP contribution in [0.25, 0.3) is 11.3 Å². The number of anilines is 1. The van der Waals surface area contributed by atoms with Crippen LogP contribution < -0.4 is 10.1 Å². The number of benzene rings is 2. The number of nitrogens with zero attached hydrogens (tertiary/aromatic N) is 3. The molecule has 35 heavy (non-hydrogen) atoms. The molecule has 0 amide bonds. The van der Waals surface area contributed by atoms with Gasteiger partial charge in [-0.15, -0.1) is 0 Å². The summed E-state index contributed by atoms with van der Waals surface area (Å²) in [4.78, 5) is 23.5. The number of aryl methyl sites for hydroxylation is 1. The lowest BCUT2D eigenvalue weighted by molar-refractivity contribution is -0.138. The Morgan fingerprint density at radius 1 is 0.886 bits per heavy atom. The van der Waals surface area contributed by atoms with E-state index in [-0.39, 0.29) is 12.5 Å². The van der Waals surface area contributed by atoms with Crippen molar-refractivity contribution >= 4 is 11.8 Å². The molecule has 182 valence electrons. The fourth-order valence-corrected chi connectivity index (χ4v) is 2.76. The number of carbonyl (C=O) groups is 1. The quantitative estimate of drug-likeness (QED) is 0.344. The molecule has 0 aliphatic heterocycles. The molecular weight excluding hydrogens is 440 g/mol. The van der Waals surface area contributed by atoms with E-state index in [9.17, 15) is 4.79 Å². The van der Waals surface area contributed by atoms with Gasteiger partial charge in [0.05, 0.1) is 12.8 Å². The van der Waals surface area contributed by atoms with Crippen molar-refractivity contribution in [2.24, 2.45) is 0 Å². The highest BCUT2D eigenvalue weighted by Crippen LogP contribution is 2.22. The van der Waals surface area contributed by atoms with Crippen molar-refractivity contribution < 1.29 is 14.3 Å². The molecule has 0 aliphatic rings. The van der Waals surface area contributed by atoms with Gasteiger partial charge in [-0.25, -0.2) is 9.97 Å². The normalized spacial score (nSPS) is 9.49. The number of nitrogens with one attached hydrogen (secondary N) is 1. The molecule has 0 unspecified atom stereocenters. The highest BCUT2D eigenvalue weighted by molar-refractivity contribution is 5.74. The van der Waals surface area contributed by atoms with Crippen molar-refractivity contribution in [1.29, 1.82) is 0 Å². The number of ether oxygens (including phenoxy) is 2. The van der Waals surface area contributed by atoms with E-state index in [2.05, 4.69) is 25.0 Å². The molecule has 2 heterocycles. The fraction of sp³-hybridized carbons (Fsp3) is 0.214. The zero-order valence-electron chi connectivity index (χ0n) is 20.6. The van der Waals surface area contributed by atoms with E-state index in [1.165, 1.54) is 13.4 Å². The van der Waals surface area contributed by atoms with Crippen LogP contribution in [0, 0.1) is 6.92 Å². The van der Waals surface area contributed by atoms with Crippen LogP contribution in [0.4, 0.5) is 5.82 Å². The molecule has 7 heteroatoms. The number of esters is 1. The highest BCUT2D eigenvalue weighted by Gasteiger charge is 2.05. The minimum Gasteiger partial charge on any atom is -0.489 e. The number of pyridine rings is 1. The topological polar surface area (TPSA) is 86.2 Å². The summed E-state index contributed by atoms with van der Waals surface area (Å²) in [5, 5.41) is 2.91. The Labute approximate surface area is 207 Å². The third-order valence-electron chi connectivity index (χ3n) is 4.52. The first kappa shape index (κ1) is 27.0. The van der Waals surface area contributed by atoms with Crippen LogP contribution in [0.5, 0.6) is 5.75 Å². The second-order valence-electron chi connectivity index (χ2n) is 6.99. The van der Waals surface area contributed by atoms with Crippen LogP contribution in [0.15, 0.2) is 91.4 Å². The summed E-state index contributed by atoms with van der Waals surface area (Å²) in [6.07, 6.45) is 3.24. The van der Waals surface area contributed by atoms with Crippen LogP contribution >= 0.6 is 0 Å². The van der Waals surface area contributed by atoms with E-state index < -0.39 is 0 Å². The monoisotopic (exact) mass is 472 g/mol. The van der Waals surface area contributed by atoms with Crippen molar-refractivity contribution in [3.63, 3.8) is 0 Å². The Morgan fingerprint density at radius 3 is 2.20 bits per heavy atom. The molecule has 0 spiro atoms. The van der Waals surface area contributed by atoms with Gasteiger partial charge in [-0.2, -0.15) is 0 Å². The molecule has 0 bridgehead atoms. The summed E-state index contributed by atoms with van der Waals surface area (Å²) in [5.41, 5.74) is 3.87. The van der Waals surface area contributed by atoms with Crippen LogP contribution in [-0.2, 0) is 16.1 Å². The molecule has 1 N–H and O–H groups in total. The minimum absolute atomic E-state index is 0.0548. The number of hydrogen-bond donors (Lipinski definition) is 1. The van der Waals surface area contributed by atoms with Gasteiger partial charge >= 0.3 is 5.97 Å². The SMILES string of the molecule is CC.COC(=O)CNc1cc(-c2ccc(OCc3ccccc3)cc2)ncn1.Cc1ccccn1. The van der Waals surface area contributed by atoms with E-state index in [4.69, 9.17) is 4.74 Å². The zero-order chi connectivity index (χ0) is 25.3. The van der Waals surface area contributed by atoms with Crippen molar-refractivity contribution in [2.45, 2.75) is 27.4 Å². The number of carbonyl (C=O) groups excluding carboxylic acids is 1. The summed E-state index contributed by atoms with van der Waals surface area (Å²) < 4.78 is 10.4. The van der Waals surface area contributed by atoms with Crippen LogP contribution in [0.3, 0.4) is 0 Å². The molecule has 2 aromatic heterocycles. The molecule has 0 saturated heterocycles. The van der Waals surface area contributed by atoms with Gasteiger partial charge in [-0.3, -0.25) is 9.78 Å². The van der Waals surface area contributed by atoms with E-state index in [0.29, 0.717) is 12.4 Å². The average Bonchev–Trinajstić information content (AvgIpc) is 2.93. The van der Waals surface area contributed by atoms with Gasteiger partial charge in [0, 0.05) is 23.5 Å². The molecule has 4 rings (SSSR count). The van der Waals surface area contributed by atoms with Gasteiger partial charge in [0.1, 0.15) is 31.0 Å². The molecule has 7 nitrogen and oxygen atoms in total. The molecule has 0 aliphatic carbocycles. The maximum atomic E-state index is 11.2. The smallest absolute Gasteiger partial charge is 0.325 e. The summed E-state index contributed by atoms with van der Waals surface area (Å²) in [5.74, 6) is 0.991. The Kier molecular flexibility index (Phi) is 12.0. The summed E-state index contributed by atoms with van der Waals surface area (Å²) in [6.45, 7) is 6.55. The van der Waals surface area contributed by atoms with Crippen molar-refractivity contribution in [3.8, 4) is 17.0 Å². The second kappa shape index (κ2) is 15.6. The zero-order valence-corrected chi connectivity index (χ0v) is 20.6. The van der Waals surface area contributed by atoms with Crippen molar-refractivity contribution in [2.75, 3.05) is 19.0 Å². The third kappa shape index (κ3) is 10.0. The van der Waals surface area contributed by atoms with Gasteiger partial charge in [-0.05, 0) is 48.9 Å². The van der Waals surface area contributed by atoms with E-state index >= 15 is 0 Å². The maximum Gasteiger partial charge on any atom is 0.325 e. The first-order valence-corrected chi connectivity index (χ1v) is 11.4. The predicted octanol–water partition coefficient (Wildman–Crippen LogP) is 5.72. The minimum atomic E-state index is -0.356. The Hall–Kier alpha value is -4.26. The Bertz CT molecular complexity index is 1120. The second-order valence-corrected chi connectivity index (χ2v) is 6.99. The van der Waals surface area contributed by atoms with Gasteiger partial charge in [0.2, 0.25) is 0 Å². The predicted molar refractivity (Wildman–Crippen MR) is 139 cm³/mol. The largest absolute Gasteiger partial charge is 0.489 e. The van der Waals surface area contributed by atoms with Crippen LogP contribution in [0.2, 0.25) is 0 Å². The van der Waals surface area contributed by atoms with Gasteiger partial charge < -0.3 is 14.8 Å². The summed E-state index contributed by atoms with van der Waals surface area (Å²) >= 11 is 0. The van der Waals surface area contributed by atoms with Crippen molar-refractivity contribution in [3.05, 3.63) is 103 Å². The standard InChI is InChI=1S/C20H19N3O3.C6H7N.C2H6/c1-25-20(24)12-21-19-11-18(22-14-23-19)16-7-9-17(10-8-16)26-13-15-5-3-2-4-6-15;1-6-4-2-3-5-7-6;1-2/h2-11,14H,12-13H2,1H3,(H,21,22,23);2-5H,1H3;1-2H3. The third-order valence-corrected chi connectivity index (χ3v) is 4.52. The molecule has 0 fully saturated rings. The first-order chi connectivity index (χ1) is 17.1. The first-order valence-electron chi connectivity index (χ1n) is 11.4.